The third-order valence-electron chi connectivity index (χ3n) is 15.0. The Bertz CT molecular complexity index is 4330. The minimum Gasteiger partial charge on any atom is -0.437 e. The number of benzene rings is 9. The molecule has 0 fully saturated rings. The maximum atomic E-state index is 6.78. The minimum atomic E-state index is 0.262. The molecule has 2 unspecified atom stereocenters. The van der Waals surface area contributed by atoms with Crippen molar-refractivity contribution in [2.45, 2.75) is 25.2 Å². The largest absolute Gasteiger partial charge is 0.437 e. The van der Waals surface area contributed by atoms with Crippen LogP contribution in [0.5, 0.6) is 0 Å². The summed E-state index contributed by atoms with van der Waals surface area (Å²) in [6.45, 7) is 2.41. The lowest BCUT2D eigenvalue weighted by atomic mass is 9.70. The molecule has 5 heterocycles. The normalized spacial score (nSPS) is 15.0. The van der Waals surface area contributed by atoms with Crippen LogP contribution in [0.4, 0.5) is 0 Å². The highest BCUT2D eigenvalue weighted by molar-refractivity contribution is 6.34. The summed E-state index contributed by atoms with van der Waals surface area (Å²) in [4.78, 5) is 11.2. The maximum absolute atomic E-state index is 6.78. The molecule has 5 heteroatoms. The summed E-state index contributed by atoms with van der Waals surface area (Å²) in [5, 5.41) is 9.12. The highest BCUT2D eigenvalue weighted by Gasteiger charge is 2.32. The summed E-state index contributed by atoms with van der Waals surface area (Å²) in [6.07, 6.45) is 0.967. The van der Waals surface area contributed by atoms with Crippen LogP contribution in [0.3, 0.4) is 0 Å². The van der Waals surface area contributed by atoms with Crippen molar-refractivity contribution in [2.24, 2.45) is 0 Å². The predicted octanol–water partition coefficient (Wildman–Crippen LogP) is 16.1. The van der Waals surface area contributed by atoms with Gasteiger partial charge in [0.15, 0.2) is 0 Å². The summed E-state index contributed by atoms with van der Waals surface area (Å²) in [5.74, 6) is 1.16. The first-order chi connectivity index (χ1) is 33.2. The standard InChI is InChI=1S/C62H40N4O/c1-36-47(32-37-16-4-2-5-17-37)42-21-9-8-20-41(42)43-30-28-40(34-48(36)43)58-56-46-24-12-15-27-55(46)67-61(56)64-62(63-58)66-54-31-29-39(38-18-6-3-7-19-38)33-49(54)51-35-50-44-22-10-13-25-52(44)65-53-26-14-11-23-45(53)57(59(50)65)60(51)66/h2-31,33-36,47H,32H2,1H3. The molecule has 0 amide bonds. The summed E-state index contributed by atoms with van der Waals surface area (Å²) in [5.41, 5.74) is 18.0. The number of furan rings is 1. The van der Waals surface area contributed by atoms with Crippen molar-refractivity contribution < 1.29 is 4.42 Å². The zero-order chi connectivity index (χ0) is 43.9. The number of aromatic nitrogens is 4. The molecule has 9 aromatic carbocycles. The lowest BCUT2D eigenvalue weighted by Gasteiger charge is -2.34. The first-order valence-corrected chi connectivity index (χ1v) is 23.3. The lowest BCUT2D eigenvalue weighted by molar-refractivity contribution is 0.566. The Morgan fingerprint density at radius 1 is 0.463 bits per heavy atom. The molecule has 0 aliphatic heterocycles. The monoisotopic (exact) mass is 856 g/mol. The van der Waals surface area contributed by atoms with E-state index in [4.69, 9.17) is 14.4 Å². The highest BCUT2D eigenvalue weighted by atomic mass is 16.3. The molecule has 0 N–H and O–H groups in total. The third kappa shape index (κ3) is 5.14. The van der Waals surface area contributed by atoms with Crippen LogP contribution >= 0.6 is 0 Å². The average Bonchev–Trinajstić information content (AvgIpc) is 4.13. The minimum absolute atomic E-state index is 0.262. The molecule has 0 spiro atoms. The predicted molar refractivity (Wildman–Crippen MR) is 276 cm³/mol. The zero-order valence-corrected chi connectivity index (χ0v) is 36.6. The van der Waals surface area contributed by atoms with E-state index in [1.165, 1.54) is 71.5 Å². The second-order valence-electron chi connectivity index (χ2n) is 18.5. The Morgan fingerprint density at radius 2 is 1.13 bits per heavy atom. The molecular formula is C62H40N4O. The van der Waals surface area contributed by atoms with Crippen LogP contribution in [0.15, 0.2) is 205 Å². The summed E-state index contributed by atoms with van der Waals surface area (Å²) in [7, 11) is 0. The van der Waals surface area contributed by atoms with E-state index in [1.54, 1.807) is 0 Å². The van der Waals surface area contributed by atoms with Crippen LogP contribution in [0.2, 0.25) is 0 Å². The first kappa shape index (κ1) is 36.8. The quantitative estimate of drug-likeness (QED) is 0.173. The molecule has 67 heavy (non-hydrogen) atoms. The molecule has 314 valence electrons. The van der Waals surface area contributed by atoms with E-state index in [2.05, 4.69) is 204 Å². The van der Waals surface area contributed by atoms with E-state index in [-0.39, 0.29) is 5.92 Å². The van der Waals surface area contributed by atoms with E-state index in [0.29, 0.717) is 17.6 Å². The van der Waals surface area contributed by atoms with Crippen molar-refractivity contribution in [1.29, 1.82) is 0 Å². The van der Waals surface area contributed by atoms with Gasteiger partial charge in [-0.2, -0.15) is 4.98 Å². The highest BCUT2D eigenvalue weighted by Crippen LogP contribution is 2.51. The maximum Gasteiger partial charge on any atom is 0.238 e. The van der Waals surface area contributed by atoms with Gasteiger partial charge in [0.2, 0.25) is 11.7 Å². The van der Waals surface area contributed by atoms with Crippen LogP contribution in [0.1, 0.15) is 35.4 Å². The van der Waals surface area contributed by atoms with Gasteiger partial charge >= 0.3 is 0 Å². The average molecular weight is 857 g/mol. The van der Waals surface area contributed by atoms with Crippen molar-refractivity contribution in [3.63, 3.8) is 0 Å². The molecule has 0 radical (unpaired) electrons. The second kappa shape index (κ2) is 13.7. The van der Waals surface area contributed by atoms with Crippen LogP contribution in [-0.4, -0.2) is 18.9 Å². The molecule has 0 saturated heterocycles. The lowest BCUT2D eigenvalue weighted by Crippen LogP contribution is -2.18. The number of hydrogen-bond acceptors (Lipinski definition) is 3. The van der Waals surface area contributed by atoms with Gasteiger partial charge in [-0.25, -0.2) is 4.98 Å². The SMILES string of the molecule is CC1c2cc(-c3nc(-n4c5ccc(-c6ccccc6)cc5c5cc6c7ccccc7n7c8ccccc8c(c54)c67)nc4oc5ccccc5c34)ccc2-c2ccccc2C1Cc1ccccc1. The number of fused-ring (bicyclic) bond motifs is 16. The molecule has 1 aliphatic carbocycles. The Balaban J connectivity index is 1.04. The van der Waals surface area contributed by atoms with E-state index in [1.807, 2.05) is 12.1 Å². The molecule has 5 nitrogen and oxygen atoms in total. The Morgan fingerprint density at radius 3 is 1.99 bits per heavy atom. The number of rotatable bonds is 5. The topological polar surface area (TPSA) is 48.3 Å². The molecule has 2 atom stereocenters. The number of para-hydroxylation sites is 3. The molecule has 1 aliphatic rings. The molecule has 14 aromatic rings. The van der Waals surface area contributed by atoms with Gasteiger partial charge in [-0.15, -0.1) is 0 Å². The Hall–Kier alpha value is -8.54. The molecule has 0 bridgehead atoms. The van der Waals surface area contributed by atoms with E-state index in [0.717, 1.165) is 61.4 Å². The van der Waals surface area contributed by atoms with Gasteiger partial charge in [-0.1, -0.05) is 165 Å². The van der Waals surface area contributed by atoms with Gasteiger partial charge < -0.3 is 8.82 Å². The van der Waals surface area contributed by atoms with Crippen molar-refractivity contribution in [3.05, 3.63) is 217 Å². The van der Waals surface area contributed by atoms with Crippen molar-refractivity contribution >= 4 is 82.0 Å². The fourth-order valence-electron chi connectivity index (χ4n) is 12.0. The first-order valence-electron chi connectivity index (χ1n) is 23.3. The van der Waals surface area contributed by atoms with Gasteiger partial charge in [-0.3, -0.25) is 4.57 Å². The van der Waals surface area contributed by atoms with Crippen LogP contribution in [-0.2, 0) is 6.42 Å². The Kier molecular flexibility index (Phi) is 7.54. The summed E-state index contributed by atoms with van der Waals surface area (Å²) in [6, 6.07) is 72.8. The number of hydrogen-bond donors (Lipinski definition) is 0. The van der Waals surface area contributed by atoms with Gasteiger partial charge in [0.1, 0.15) is 5.58 Å². The Labute approximate surface area is 385 Å². The molecule has 5 aromatic heterocycles. The van der Waals surface area contributed by atoms with Crippen molar-refractivity contribution in [3.8, 4) is 39.5 Å². The summed E-state index contributed by atoms with van der Waals surface area (Å²) < 4.78 is 11.6. The third-order valence-corrected chi connectivity index (χ3v) is 15.0. The van der Waals surface area contributed by atoms with E-state index in [9.17, 15) is 0 Å². The van der Waals surface area contributed by atoms with Gasteiger partial charge in [-0.05, 0) is 99.7 Å². The van der Waals surface area contributed by atoms with Crippen LogP contribution in [0, 0.1) is 0 Å². The second-order valence-corrected chi connectivity index (χ2v) is 18.5. The van der Waals surface area contributed by atoms with Crippen molar-refractivity contribution in [2.75, 3.05) is 0 Å². The number of nitrogens with zero attached hydrogens (tertiary/aromatic N) is 4. The summed E-state index contributed by atoms with van der Waals surface area (Å²) >= 11 is 0. The fraction of sp³-hybridized carbons (Fsp3) is 0.0645. The smallest absolute Gasteiger partial charge is 0.238 e. The van der Waals surface area contributed by atoms with Crippen molar-refractivity contribution in [1.82, 2.24) is 18.9 Å². The van der Waals surface area contributed by atoms with Crippen LogP contribution in [0.25, 0.3) is 121 Å². The van der Waals surface area contributed by atoms with Crippen LogP contribution < -0.4 is 0 Å². The fourth-order valence-corrected chi connectivity index (χ4v) is 12.0. The molecule has 15 rings (SSSR count). The zero-order valence-electron chi connectivity index (χ0n) is 36.6. The van der Waals surface area contributed by atoms with Gasteiger partial charge in [0.05, 0.1) is 38.7 Å². The van der Waals surface area contributed by atoms with Gasteiger partial charge in [0.25, 0.3) is 0 Å². The molecular weight excluding hydrogens is 817 g/mol. The van der Waals surface area contributed by atoms with E-state index >= 15 is 0 Å². The molecule has 0 saturated carbocycles. The van der Waals surface area contributed by atoms with E-state index < -0.39 is 0 Å². The van der Waals surface area contributed by atoms with Gasteiger partial charge in [0, 0.05) is 43.3 Å².